The van der Waals surface area contributed by atoms with Crippen molar-refractivity contribution in [3.63, 3.8) is 0 Å². The maximum absolute atomic E-state index is 9.71. The van der Waals surface area contributed by atoms with Crippen molar-refractivity contribution in [3.8, 4) is 0 Å². The second kappa shape index (κ2) is 4.34. The van der Waals surface area contributed by atoms with Gasteiger partial charge in [0, 0.05) is 5.92 Å². The zero-order valence-electron chi connectivity index (χ0n) is 9.76. The molecule has 1 heteroatoms. The molecule has 0 saturated heterocycles. The Morgan fingerprint density at radius 2 is 1.29 bits per heavy atom. The van der Waals surface area contributed by atoms with E-state index in [0.717, 1.165) is 12.8 Å². The van der Waals surface area contributed by atoms with Crippen LogP contribution in [0.25, 0.3) is 0 Å². The minimum Gasteiger partial charge on any atom is -0.395 e. The molecule has 0 heterocycles. The van der Waals surface area contributed by atoms with Gasteiger partial charge in [-0.05, 0) is 35.1 Å². The lowest BCUT2D eigenvalue weighted by molar-refractivity contribution is 0.280. The Kier molecular flexibility index (Phi) is 2.69. The Morgan fingerprint density at radius 3 is 1.76 bits per heavy atom. The lowest BCUT2D eigenvalue weighted by Gasteiger charge is -2.17. The highest BCUT2D eigenvalue weighted by Gasteiger charge is 2.21. The Labute approximate surface area is 102 Å². The van der Waals surface area contributed by atoms with E-state index in [4.69, 9.17) is 0 Å². The smallest absolute Gasteiger partial charge is 0.0540 e. The van der Waals surface area contributed by atoms with Gasteiger partial charge in [0.2, 0.25) is 0 Å². The second-order valence-corrected chi connectivity index (χ2v) is 4.63. The van der Waals surface area contributed by atoms with Gasteiger partial charge < -0.3 is 5.11 Å². The fourth-order valence-corrected chi connectivity index (χ4v) is 2.84. The van der Waals surface area contributed by atoms with Gasteiger partial charge in [0.15, 0.2) is 0 Å². The van der Waals surface area contributed by atoms with Crippen molar-refractivity contribution in [2.45, 2.75) is 18.8 Å². The number of aryl methyl sites for hydroxylation is 2. The highest BCUT2D eigenvalue weighted by Crippen LogP contribution is 2.33. The largest absolute Gasteiger partial charge is 0.395 e. The maximum Gasteiger partial charge on any atom is 0.0540 e. The molecule has 2 aromatic carbocycles. The van der Waals surface area contributed by atoms with Gasteiger partial charge in [0.25, 0.3) is 0 Å². The van der Waals surface area contributed by atoms with E-state index >= 15 is 0 Å². The van der Waals surface area contributed by atoms with Crippen LogP contribution in [-0.2, 0) is 12.8 Å². The van der Waals surface area contributed by atoms with Crippen LogP contribution >= 0.6 is 0 Å². The van der Waals surface area contributed by atoms with Crippen molar-refractivity contribution >= 4 is 0 Å². The standard InChI is InChI=1S/C16H16O/c17-11-16-14-7-3-1-5-12(14)9-10-13-6-2-4-8-15(13)16/h1-8,16-17H,9-11H2. The number of fused-ring (bicyclic) bond motifs is 2. The van der Waals surface area contributed by atoms with Gasteiger partial charge >= 0.3 is 0 Å². The van der Waals surface area contributed by atoms with Gasteiger partial charge in [0.05, 0.1) is 6.61 Å². The molecule has 0 spiro atoms. The van der Waals surface area contributed by atoms with Crippen LogP contribution in [0.2, 0.25) is 0 Å². The summed E-state index contributed by atoms with van der Waals surface area (Å²) in [6.45, 7) is 0.189. The first kappa shape index (κ1) is 10.5. The Balaban J connectivity index is 2.19. The van der Waals surface area contributed by atoms with E-state index in [1.807, 2.05) is 0 Å². The molecule has 1 aliphatic carbocycles. The summed E-state index contributed by atoms with van der Waals surface area (Å²) in [4.78, 5) is 0. The molecular weight excluding hydrogens is 208 g/mol. The molecule has 1 N–H and O–H groups in total. The molecule has 1 nitrogen and oxygen atoms in total. The fourth-order valence-electron chi connectivity index (χ4n) is 2.84. The third-order valence-corrected chi connectivity index (χ3v) is 3.71. The van der Waals surface area contributed by atoms with Crippen LogP contribution < -0.4 is 0 Å². The molecule has 3 rings (SSSR count). The first-order chi connectivity index (χ1) is 8.40. The van der Waals surface area contributed by atoms with Crippen LogP contribution in [0.15, 0.2) is 48.5 Å². The molecule has 1 aliphatic rings. The lowest BCUT2D eigenvalue weighted by atomic mass is 9.89. The van der Waals surface area contributed by atoms with Crippen LogP contribution in [0, 0.1) is 0 Å². The number of hydrogen-bond acceptors (Lipinski definition) is 1. The first-order valence-electron chi connectivity index (χ1n) is 6.16. The third kappa shape index (κ3) is 1.77. The summed E-state index contributed by atoms with van der Waals surface area (Å²) in [7, 11) is 0. The molecule has 2 aromatic rings. The van der Waals surface area contributed by atoms with Crippen molar-refractivity contribution in [2.75, 3.05) is 6.61 Å². The SMILES string of the molecule is OCC1c2ccccc2CCc2ccccc21. The third-order valence-electron chi connectivity index (χ3n) is 3.71. The van der Waals surface area contributed by atoms with Crippen molar-refractivity contribution in [1.29, 1.82) is 0 Å². The van der Waals surface area contributed by atoms with E-state index in [2.05, 4.69) is 48.5 Å². The second-order valence-electron chi connectivity index (χ2n) is 4.63. The van der Waals surface area contributed by atoms with Crippen molar-refractivity contribution in [2.24, 2.45) is 0 Å². The molecule has 0 saturated carbocycles. The van der Waals surface area contributed by atoms with Crippen LogP contribution in [0.4, 0.5) is 0 Å². The monoisotopic (exact) mass is 224 g/mol. The van der Waals surface area contributed by atoms with Gasteiger partial charge in [-0.3, -0.25) is 0 Å². The molecule has 0 amide bonds. The normalized spacial score (nSPS) is 14.9. The van der Waals surface area contributed by atoms with Crippen LogP contribution in [0.5, 0.6) is 0 Å². The van der Waals surface area contributed by atoms with E-state index in [1.165, 1.54) is 22.3 Å². The number of rotatable bonds is 1. The van der Waals surface area contributed by atoms with Crippen LogP contribution in [-0.4, -0.2) is 11.7 Å². The van der Waals surface area contributed by atoms with E-state index in [0.29, 0.717) is 0 Å². The van der Waals surface area contributed by atoms with Crippen LogP contribution in [0.1, 0.15) is 28.2 Å². The highest BCUT2D eigenvalue weighted by atomic mass is 16.3. The van der Waals surface area contributed by atoms with E-state index in [-0.39, 0.29) is 12.5 Å². The summed E-state index contributed by atoms with van der Waals surface area (Å²) >= 11 is 0. The summed E-state index contributed by atoms with van der Waals surface area (Å²) in [5.74, 6) is 0.143. The molecule has 0 unspecified atom stereocenters. The van der Waals surface area contributed by atoms with Crippen molar-refractivity contribution < 1.29 is 5.11 Å². The van der Waals surface area contributed by atoms with Gasteiger partial charge in [-0.1, -0.05) is 48.5 Å². The molecule has 86 valence electrons. The average molecular weight is 224 g/mol. The first-order valence-corrected chi connectivity index (χ1v) is 6.16. The van der Waals surface area contributed by atoms with Gasteiger partial charge in [-0.2, -0.15) is 0 Å². The van der Waals surface area contributed by atoms with Crippen LogP contribution in [0.3, 0.4) is 0 Å². The quantitative estimate of drug-likeness (QED) is 0.789. The highest BCUT2D eigenvalue weighted by molar-refractivity contribution is 5.44. The summed E-state index contributed by atoms with van der Waals surface area (Å²) in [6, 6.07) is 17.0. The van der Waals surface area contributed by atoms with Crippen molar-refractivity contribution in [1.82, 2.24) is 0 Å². The summed E-state index contributed by atoms with van der Waals surface area (Å²) in [5.41, 5.74) is 5.34. The van der Waals surface area contributed by atoms with Gasteiger partial charge in [0.1, 0.15) is 0 Å². The Bertz CT molecular complexity index is 483. The summed E-state index contributed by atoms with van der Waals surface area (Å²) in [5, 5.41) is 9.71. The molecule has 0 aliphatic heterocycles. The van der Waals surface area contributed by atoms with E-state index < -0.39 is 0 Å². The number of aliphatic hydroxyl groups excluding tert-OH is 1. The Morgan fingerprint density at radius 1 is 0.824 bits per heavy atom. The van der Waals surface area contributed by atoms with Gasteiger partial charge in [-0.15, -0.1) is 0 Å². The van der Waals surface area contributed by atoms with E-state index in [9.17, 15) is 5.11 Å². The average Bonchev–Trinajstić information content (AvgIpc) is 2.55. The minimum atomic E-state index is 0.143. The summed E-state index contributed by atoms with van der Waals surface area (Å²) in [6.07, 6.45) is 2.15. The molecule has 17 heavy (non-hydrogen) atoms. The zero-order valence-corrected chi connectivity index (χ0v) is 9.76. The topological polar surface area (TPSA) is 20.2 Å². The zero-order chi connectivity index (χ0) is 11.7. The molecule has 0 atom stereocenters. The Hall–Kier alpha value is -1.60. The fraction of sp³-hybridized carbons (Fsp3) is 0.250. The minimum absolute atomic E-state index is 0.143. The molecule has 0 radical (unpaired) electrons. The molecular formula is C16H16O. The summed E-state index contributed by atoms with van der Waals surface area (Å²) < 4.78 is 0. The predicted octanol–water partition coefficient (Wildman–Crippen LogP) is 2.91. The maximum atomic E-state index is 9.71. The van der Waals surface area contributed by atoms with Gasteiger partial charge in [-0.25, -0.2) is 0 Å². The number of benzene rings is 2. The van der Waals surface area contributed by atoms with E-state index in [1.54, 1.807) is 0 Å². The lowest BCUT2D eigenvalue weighted by Crippen LogP contribution is -2.07. The molecule has 0 aromatic heterocycles. The predicted molar refractivity (Wildman–Crippen MR) is 69.2 cm³/mol. The van der Waals surface area contributed by atoms with Crippen molar-refractivity contribution in [3.05, 3.63) is 70.8 Å². The molecule has 0 bridgehead atoms. The number of aliphatic hydroxyl groups is 1. The molecule has 0 fully saturated rings. The number of hydrogen-bond donors (Lipinski definition) is 1.